The first kappa shape index (κ1) is 17.9. The lowest BCUT2D eigenvalue weighted by atomic mass is 9.67. The van der Waals surface area contributed by atoms with E-state index in [0.29, 0.717) is 6.04 Å². The van der Waals surface area contributed by atoms with Crippen LogP contribution in [0.25, 0.3) is 0 Å². The standard InChI is InChI=1S/C23H26N2O2/c1-17(16-18-8-4-2-5-9-18)25-14-12-23(13-15-25)20(21(26)24-22(23)27)19-10-6-3-7-11-19/h2-11,17,20H,12-16H2,1H3,(H,24,26,27). The van der Waals surface area contributed by atoms with Gasteiger partial charge in [0.05, 0.1) is 11.3 Å². The topological polar surface area (TPSA) is 49.4 Å². The lowest BCUT2D eigenvalue weighted by Gasteiger charge is -2.42. The van der Waals surface area contributed by atoms with E-state index in [0.717, 1.165) is 37.9 Å². The normalized spacial score (nSPS) is 23.4. The van der Waals surface area contributed by atoms with Crippen molar-refractivity contribution in [3.8, 4) is 0 Å². The van der Waals surface area contributed by atoms with Crippen LogP contribution in [0, 0.1) is 5.41 Å². The van der Waals surface area contributed by atoms with E-state index in [1.807, 2.05) is 36.4 Å². The van der Waals surface area contributed by atoms with Gasteiger partial charge in [0.2, 0.25) is 11.8 Å². The van der Waals surface area contributed by atoms with Gasteiger partial charge in [-0.1, -0.05) is 60.7 Å². The molecule has 4 heteroatoms. The molecule has 2 heterocycles. The molecule has 0 radical (unpaired) electrons. The Labute approximate surface area is 160 Å². The van der Waals surface area contributed by atoms with E-state index in [2.05, 4.69) is 41.4 Å². The van der Waals surface area contributed by atoms with Gasteiger partial charge in [-0.15, -0.1) is 0 Å². The number of likely N-dealkylation sites (tertiary alicyclic amines) is 1. The summed E-state index contributed by atoms with van der Waals surface area (Å²) in [5.74, 6) is -0.591. The highest BCUT2D eigenvalue weighted by atomic mass is 16.2. The minimum absolute atomic E-state index is 0.0864. The van der Waals surface area contributed by atoms with Gasteiger partial charge in [0.25, 0.3) is 0 Å². The Bertz CT molecular complexity index is 811. The predicted octanol–water partition coefficient (Wildman–Crippen LogP) is 3.14. The molecule has 2 aliphatic rings. The van der Waals surface area contributed by atoms with Gasteiger partial charge in [-0.05, 0) is 50.4 Å². The van der Waals surface area contributed by atoms with Crippen LogP contribution in [0.5, 0.6) is 0 Å². The largest absolute Gasteiger partial charge is 0.300 e. The van der Waals surface area contributed by atoms with E-state index in [4.69, 9.17) is 0 Å². The van der Waals surface area contributed by atoms with Gasteiger partial charge in [-0.3, -0.25) is 14.9 Å². The summed E-state index contributed by atoms with van der Waals surface area (Å²) in [7, 11) is 0. The number of carbonyl (C=O) groups is 2. The average molecular weight is 362 g/mol. The molecule has 2 atom stereocenters. The molecule has 2 amide bonds. The van der Waals surface area contributed by atoms with Gasteiger partial charge in [-0.25, -0.2) is 0 Å². The second kappa shape index (κ2) is 7.28. The van der Waals surface area contributed by atoms with Crippen LogP contribution in [0.2, 0.25) is 0 Å². The molecule has 0 saturated carbocycles. The van der Waals surface area contributed by atoms with Crippen molar-refractivity contribution in [2.75, 3.05) is 13.1 Å². The van der Waals surface area contributed by atoms with Crippen LogP contribution in [-0.4, -0.2) is 35.8 Å². The van der Waals surface area contributed by atoms with Gasteiger partial charge >= 0.3 is 0 Å². The van der Waals surface area contributed by atoms with Crippen molar-refractivity contribution >= 4 is 11.8 Å². The fourth-order valence-corrected chi connectivity index (χ4v) is 4.77. The molecule has 1 spiro atoms. The number of hydrogen-bond donors (Lipinski definition) is 1. The maximum Gasteiger partial charge on any atom is 0.235 e. The monoisotopic (exact) mass is 362 g/mol. The minimum Gasteiger partial charge on any atom is -0.300 e. The van der Waals surface area contributed by atoms with E-state index in [9.17, 15) is 9.59 Å². The number of carbonyl (C=O) groups excluding carboxylic acids is 2. The molecule has 2 aliphatic heterocycles. The van der Waals surface area contributed by atoms with Crippen LogP contribution >= 0.6 is 0 Å². The highest BCUT2D eigenvalue weighted by Crippen LogP contribution is 2.48. The van der Waals surface area contributed by atoms with Crippen molar-refractivity contribution < 1.29 is 9.59 Å². The van der Waals surface area contributed by atoms with E-state index < -0.39 is 5.41 Å². The summed E-state index contributed by atoms with van der Waals surface area (Å²) in [6.07, 6.45) is 2.45. The highest BCUT2D eigenvalue weighted by molar-refractivity contribution is 6.10. The fraction of sp³-hybridized carbons (Fsp3) is 0.391. The fourth-order valence-electron chi connectivity index (χ4n) is 4.77. The molecule has 2 unspecified atom stereocenters. The highest BCUT2D eigenvalue weighted by Gasteiger charge is 2.56. The van der Waals surface area contributed by atoms with Crippen molar-refractivity contribution in [3.05, 3.63) is 71.8 Å². The summed E-state index contributed by atoms with van der Waals surface area (Å²) in [6, 6.07) is 20.7. The number of hydrogen-bond acceptors (Lipinski definition) is 3. The van der Waals surface area contributed by atoms with Gasteiger partial charge in [0.15, 0.2) is 0 Å². The molecular formula is C23H26N2O2. The third-order valence-corrected chi connectivity index (χ3v) is 6.32. The molecule has 2 aromatic rings. The van der Waals surface area contributed by atoms with Crippen molar-refractivity contribution in [1.29, 1.82) is 0 Å². The van der Waals surface area contributed by atoms with Crippen molar-refractivity contribution in [2.24, 2.45) is 5.41 Å². The summed E-state index contributed by atoms with van der Waals surface area (Å²) in [6.45, 7) is 3.94. The van der Waals surface area contributed by atoms with Crippen molar-refractivity contribution in [1.82, 2.24) is 10.2 Å². The number of piperidine rings is 1. The molecule has 4 nitrogen and oxygen atoms in total. The lowest BCUT2D eigenvalue weighted by molar-refractivity contribution is -0.131. The zero-order chi connectivity index (χ0) is 18.9. The van der Waals surface area contributed by atoms with Crippen LogP contribution < -0.4 is 5.32 Å². The number of nitrogens with zero attached hydrogens (tertiary/aromatic N) is 1. The Hall–Kier alpha value is -2.46. The van der Waals surface area contributed by atoms with Crippen molar-refractivity contribution in [3.63, 3.8) is 0 Å². The smallest absolute Gasteiger partial charge is 0.235 e. The third-order valence-electron chi connectivity index (χ3n) is 6.32. The zero-order valence-electron chi connectivity index (χ0n) is 15.7. The van der Waals surface area contributed by atoms with Crippen LogP contribution in [0.15, 0.2) is 60.7 Å². The molecule has 0 aliphatic carbocycles. The molecule has 0 bridgehead atoms. The van der Waals surface area contributed by atoms with E-state index in [-0.39, 0.29) is 17.7 Å². The summed E-state index contributed by atoms with van der Waals surface area (Å²) >= 11 is 0. The summed E-state index contributed by atoms with van der Waals surface area (Å²) in [5, 5.41) is 2.61. The molecule has 1 N–H and O–H groups in total. The van der Waals surface area contributed by atoms with E-state index >= 15 is 0 Å². The predicted molar refractivity (Wildman–Crippen MR) is 105 cm³/mol. The lowest BCUT2D eigenvalue weighted by Crippen LogP contribution is -2.49. The van der Waals surface area contributed by atoms with Crippen LogP contribution in [0.4, 0.5) is 0 Å². The maximum atomic E-state index is 12.8. The number of amides is 2. The summed E-state index contributed by atoms with van der Waals surface area (Å²) in [5.41, 5.74) is 1.69. The Kier molecular flexibility index (Phi) is 4.83. The van der Waals surface area contributed by atoms with Gasteiger partial charge in [0, 0.05) is 6.04 Å². The van der Waals surface area contributed by atoms with E-state index in [1.165, 1.54) is 5.56 Å². The van der Waals surface area contributed by atoms with Crippen LogP contribution in [0.3, 0.4) is 0 Å². The third kappa shape index (κ3) is 3.30. The quantitative estimate of drug-likeness (QED) is 0.850. The SMILES string of the molecule is CC(Cc1ccccc1)N1CCC2(CC1)C(=O)NC(=O)C2c1ccccc1. The number of rotatable bonds is 4. The molecular weight excluding hydrogens is 336 g/mol. The van der Waals surface area contributed by atoms with Gasteiger partial charge < -0.3 is 4.90 Å². The molecule has 27 heavy (non-hydrogen) atoms. The molecule has 2 fully saturated rings. The summed E-state index contributed by atoms with van der Waals surface area (Å²) in [4.78, 5) is 27.8. The number of nitrogens with one attached hydrogen (secondary N) is 1. The Balaban J connectivity index is 1.49. The first-order chi connectivity index (χ1) is 13.1. The Morgan fingerprint density at radius 2 is 1.59 bits per heavy atom. The second-order valence-electron chi connectivity index (χ2n) is 7.89. The van der Waals surface area contributed by atoms with Crippen molar-refractivity contribution in [2.45, 2.75) is 38.1 Å². The Morgan fingerprint density at radius 1 is 1.00 bits per heavy atom. The van der Waals surface area contributed by atoms with Crippen LogP contribution in [0.1, 0.15) is 36.8 Å². The second-order valence-corrected chi connectivity index (χ2v) is 7.89. The number of imide groups is 1. The molecule has 0 aromatic heterocycles. The Morgan fingerprint density at radius 3 is 2.22 bits per heavy atom. The average Bonchev–Trinajstić information content (AvgIpc) is 2.93. The molecule has 2 aromatic carbocycles. The molecule has 140 valence electrons. The first-order valence-corrected chi connectivity index (χ1v) is 9.78. The number of benzene rings is 2. The minimum atomic E-state index is -0.596. The van der Waals surface area contributed by atoms with Gasteiger partial charge in [0.1, 0.15) is 0 Å². The maximum absolute atomic E-state index is 12.8. The van der Waals surface area contributed by atoms with Crippen LogP contribution in [-0.2, 0) is 16.0 Å². The van der Waals surface area contributed by atoms with E-state index in [1.54, 1.807) is 0 Å². The summed E-state index contributed by atoms with van der Waals surface area (Å²) < 4.78 is 0. The zero-order valence-corrected chi connectivity index (χ0v) is 15.7. The molecule has 4 rings (SSSR count). The molecule has 2 saturated heterocycles. The first-order valence-electron chi connectivity index (χ1n) is 9.78. The van der Waals surface area contributed by atoms with Gasteiger partial charge in [-0.2, -0.15) is 0 Å².